The van der Waals surface area contributed by atoms with Gasteiger partial charge in [-0.1, -0.05) is 0 Å². The van der Waals surface area contributed by atoms with Gasteiger partial charge in [0.25, 0.3) is 0 Å². The van der Waals surface area contributed by atoms with Gasteiger partial charge in [0, 0.05) is 17.6 Å². The van der Waals surface area contributed by atoms with Gasteiger partial charge in [-0.05, 0) is 30.0 Å². The molecule has 1 aromatic carbocycles. The van der Waals surface area contributed by atoms with Gasteiger partial charge in [0.1, 0.15) is 0 Å². The highest BCUT2D eigenvalue weighted by Crippen LogP contribution is 2.29. The maximum absolute atomic E-state index is 11.3. The number of nitrogen functional groups attached to an aromatic ring is 1. The van der Waals surface area contributed by atoms with E-state index in [2.05, 4.69) is 10.2 Å². The Hall–Kier alpha value is -2.22. The number of carbonyl (C=O) groups excluding carboxylic acids is 1. The Morgan fingerprint density at radius 2 is 2.22 bits per heavy atom. The predicted molar refractivity (Wildman–Crippen MR) is 67.3 cm³/mol. The van der Waals surface area contributed by atoms with Gasteiger partial charge in [0.05, 0.1) is 5.56 Å². The highest BCUT2D eigenvalue weighted by Gasteiger charge is 2.13. The summed E-state index contributed by atoms with van der Waals surface area (Å²) >= 11 is 1.16. The Morgan fingerprint density at radius 3 is 2.78 bits per heavy atom. The van der Waals surface area contributed by atoms with Crippen LogP contribution in [0.4, 0.5) is 5.69 Å². The van der Waals surface area contributed by atoms with E-state index in [1.165, 1.54) is 10.6 Å². The van der Waals surface area contributed by atoms with E-state index in [0.29, 0.717) is 21.3 Å². The lowest BCUT2D eigenvalue weighted by Crippen LogP contribution is -2.14. The van der Waals surface area contributed by atoms with Crippen LogP contribution in [0.1, 0.15) is 10.4 Å². The van der Waals surface area contributed by atoms with Crippen LogP contribution in [0.5, 0.6) is 0 Å². The molecule has 2 aromatic rings. The minimum atomic E-state index is -0.578. The molecule has 8 heteroatoms. The van der Waals surface area contributed by atoms with Crippen molar-refractivity contribution in [1.29, 1.82) is 0 Å². The highest BCUT2D eigenvalue weighted by atomic mass is 32.2. The minimum Gasteiger partial charge on any atom is -0.399 e. The number of nitrogens with zero attached hydrogens (tertiary/aromatic N) is 2. The first kappa shape index (κ1) is 12.2. The third-order valence-electron chi connectivity index (χ3n) is 2.31. The molecule has 1 amide bonds. The van der Waals surface area contributed by atoms with E-state index in [1.807, 2.05) is 0 Å². The molecule has 1 heterocycles. The summed E-state index contributed by atoms with van der Waals surface area (Å²) in [6.07, 6.45) is 0. The lowest BCUT2D eigenvalue weighted by Gasteiger charge is -2.06. The van der Waals surface area contributed by atoms with Crippen LogP contribution >= 0.6 is 11.8 Å². The number of H-pyrrole nitrogens is 1. The van der Waals surface area contributed by atoms with Crippen molar-refractivity contribution >= 4 is 23.4 Å². The zero-order valence-electron chi connectivity index (χ0n) is 9.51. The molecule has 0 fully saturated rings. The fourth-order valence-corrected chi connectivity index (χ4v) is 2.26. The van der Waals surface area contributed by atoms with Gasteiger partial charge >= 0.3 is 5.69 Å². The van der Waals surface area contributed by atoms with Gasteiger partial charge in [-0.3, -0.25) is 9.36 Å². The Morgan fingerprint density at radius 1 is 1.50 bits per heavy atom. The number of nitrogens with one attached hydrogen (secondary N) is 1. The van der Waals surface area contributed by atoms with Crippen LogP contribution in [0.25, 0.3) is 0 Å². The van der Waals surface area contributed by atoms with Crippen LogP contribution in [-0.4, -0.2) is 20.7 Å². The maximum Gasteiger partial charge on any atom is 0.343 e. The lowest BCUT2D eigenvalue weighted by atomic mass is 10.2. The molecule has 94 valence electrons. The van der Waals surface area contributed by atoms with Crippen molar-refractivity contribution in [2.24, 2.45) is 12.8 Å². The Bertz CT molecular complexity index is 661. The molecule has 0 atom stereocenters. The van der Waals surface area contributed by atoms with Crippen LogP contribution in [0.3, 0.4) is 0 Å². The summed E-state index contributed by atoms with van der Waals surface area (Å²) in [6.45, 7) is 0. The Kier molecular flexibility index (Phi) is 3.11. The summed E-state index contributed by atoms with van der Waals surface area (Å²) in [5.41, 5.74) is 11.3. The first-order chi connectivity index (χ1) is 8.49. The number of amides is 1. The molecule has 5 N–H and O–H groups in total. The van der Waals surface area contributed by atoms with Crippen LogP contribution in [-0.2, 0) is 7.05 Å². The second kappa shape index (κ2) is 4.57. The lowest BCUT2D eigenvalue weighted by molar-refractivity contribution is 0.0997. The topological polar surface area (TPSA) is 120 Å². The molecule has 0 aliphatic heterocycles. The first-order valence-electron chi connectivity index (χ1n) is 4.97. The third-order valence-corrected chi connectivity index (χ3v) is 3.43. The van der Waals surface area contributed by atoms with Crippen molar-refractivity contribution in [2.45, 2.75) is 10.1 Å². The summed E-state index contributed by atoms with van der Waals surface area (Å²) in [6, 6.07) is 4.81. The van der Waals surface area contributed by atoms with E-state index in [9.17, 15) is 9.59 Å². The van der Waals surface area contributed by atoms with Crippen molar-refractivity contribution in [2.75, 3.05) is 5.73 Å². The SMILES string of the molecule is Cn1c(Sc2ccc(N)cc2C(N)=O)n[nH]c1=O. The van der Waals surface area contributed by atoms with E-state index in [1.54, 1.807) is 19.2 Å². The van der Waals surface area contributed by atoms with Crippen LogP contribution < -0.4 is 17.2 Å². The third kappa shape index (κ3) is 2.23. The molecule has 0 unspecified atom stereocenters. The average Bonchev–Trinajstić information content (AvgIpc) is 2.63. The van der Waals surface area contributed by atoms with Crippen molar-refractivity contribution in [3.8, 4) is 0 Å². The number of carbonyl (C=O) groups is 1. The zero-order chi connectivity index (χ0) is 13.3. The van der Waals surface area contributed by atoms with Gasteiger partial charge in [-0.15, -0.1) is 5.10 Å². The molecular weight excluding hydrogens is 254 g/mol. The van der Waals surface area contributed by atoms with Gasteiger partial charge in [-0.2, -0.15) is 0 Å². The molecule has 7 nitrogen and oxygen atoms in total. The van der Waals surface area contributed by atoms with E-state index in [4.69, 9.17) is 11.5 Å². The Labute approximate surface area is 106 Å². The number of benzene rings is 1. The van der Waals surface area contributed by atoms with Gasteiger partial charge < -0.3 is 11.5 Å². The number of anilines is 1. The molecule has 18 heavy (non-hydrogen) atoms. The number of rotatable bonds is 3. The summed E-state index contributed by atoms with van der Waals surface area (Å²) in [7, 11) is 1.58. The number of aromatic amines is 1. The molecule has 0 aliphatic carbocycles. The molecule has 0 saturated carbocycles. The Balaban J connectivity index is 2.43. The van der Waals surface area contributed by atoms with E-state index in [-0.39, 0.29) is 5.69 Å². The molecule has 0 radical (unpaired) electrons. The molecule has 0 spiro atoms. The van der Waals surface area contributed by atoms with Crippen LogP contribution in [0.2, 0.25) is 0 Å². The van der Waals surface area contributed by atoms with Gasteiger partial charge in [0.15, 0.2) is 5.16 Å². The number of hydrogen-bond acceptors (Lipinski definition) is 5. The number of nitrogens with two attached hydrogens (primary N) is 2. The summed E-state index contributed by atoms with van der Waals surface area (Å²) in [5, 5.41) is 6.59. The average molecular weight is 265 g/mol. The largest absolute Gasteiger partial charge is 0.399 e. The monoisotopic (exact) mass is 265 g/mol. The normalized spacial score (nSPS) is 10.5. The summed E-state index contributed by atoms with van der Waals surface area (Å²) in [4.78, 5) is 23.1. The fraction of sp³-hybridized carbons (Fsp3) is 0.100. The maximum atomic E-state index is 11.3. The van der Waals surface area contributed by atoms with E-state index in [0.717, 1.165) is 11.8 Å². The quantitative estimate of drug-likeness (QED) is 0.671. The highest BCUT2D eigenvalue weighted by molar-refractivity contribution is 7.99. The smallest absolute Gasteiger partial charge is 0.343 e. The summed E-state index contributed by atoms with van der Waals surface area (Å²) < 4.78 is 1.34. The van der Waals surface area contributed by atoms with E-state index < -0.39 is 5.91 Å². The van der Waals surface area contributed by atoms with E-state index >= 15 is 0 Å². The van der Waals surface area contributed by atoms with Crippen LogP contribution in [0, 0.1) is 0 Å². The molecular formula is C10H11N5O2S. The fourth-order valence-electron chi connectivity index (χ4n) is 1.35. The van der Waals surface area contributed by atoms with Crippen molar-refractivity contribution in [3.05, 3.63) is 34.2 Å². The number of hydrogen-bond donors (Lipinski definition) is 3. The standard InChI is InChI=1S/C10H11N5O2S/c1-15-9(17)13-14-10(15)18-7-3-2-5(11)4-6(7)8(12)16/h2-4H,11H2,1H3,(H2,12,16)(H,13,17). The molecule has 0 saturated heterocycles. The van der Waals surface area contributed by atoms with Crippen molar-refractivity contribution in [1.82, 2.24) is 14.8 Å². The number of primary amides is 1. The predicted octanol–water partition coefficient (Wildman–Crippen LogP) is -0.0593. The molecule has 0 bridgehead atoms. The summed E-state index contributed by atoms with van der Waals surface area (Å²) in [5.74, 6) is -0.578. The minimum absolute atomic E-state index is 0.301. The van der Waals surface area contributed by atoms with Crippen molar-refractivity contribution < 1.29 is 4.79 Å². The second-order valence-corrected chi connectivity index (χ2v) is 4.60. The number of aromatic nitrogens is 3. The molecule has 0 aliphatic rings. The van der Waals surface area contributed by atoms with Crippen molar-refractivity contribution in [3.63, 3.8) is 0 Å². The molecule has 1 aromatic heterocycles. The van der Waals surface area contributed by atoms with Gasteiger partial charge in [0.2, 0.25) is 5.91 Å². The zero-order valence-corrected chi connectivity index (χ0v) is 10.3. The van der Waals surface area contributed by atoms with Gasteiger partial charge in [-0.25, -0.2) is 9.89 Å². The second-order valence-electron chi connectivity index (χ2n) is 3.59. The molecule has 2 rings (SSSR count). The first-order valence-corrected chi connectivity index (χ1v) is 5.79. The van der Waals surface area contributed by atoms with Crippen LogP contribution in [0.15, 0.2) is 33.0 Å².